The van der Waals surface area contributed by atoms with Gasteiger partial charge in [0.15, 0.2) is 0 Å². The van der Waals surface area contributed by atoms with Gasteiger partial charge in [0.1, 0.15) is 0 Å². The summed E-state index contributed by atoms with van der Waals surface area (Å²) in [5.41, 5.74) is 7.30. The van der Waals surface area contributed by atoms with Crippen LogP contribution in [0.3, 0.4) is 0 Å². The summed E-state index contributed by atoms with van der Waals surface area (Å²) >= 11 is 2.42. The van der Waals surface area contributed by atoms with Crippen LogP contribution in [0.5, 0.6) is 0 Å². The molecule has 0 radical (unpaired) electrons. The van der Waals surface area contributed by atoms with Crippen molar-refractivity contribution >= 4 is 33.7 Å². The monoisotopic (exact) mass is 630 g/mol. The minimum Gasteiger partial charge on any atom is -0.322 e. The number of hydrogen-bond donors (Lipinski definition) is 0. The van der Waals surface area contributed by atoms with Gasteiger partial charge in [-0.05, 0) is 94.5 Å². The Morgan fingerprint density at radius 2 is 1.26 bits per heavy atom. The molecule has 2 heteroatoms. The van der Waals surface area contributed by atoms with E-state index in [1.165, 1.54) is 33.1 Å². The minimum atomic E-state index is 0.595. The predicted molar refractivity (Wildman–Crippen MR) is 175 cm³/mol. The molecular weight excluding hydrogens is 585 g/mol. The van der Waals surface area contributed by atoms with Gasteiger partial charge in [0.25, 0.3) is 0 Å². The highest BCUT2D eigenvalue weighted by Gasteiger charge is 2.59. The summed E-state index contributed by atoms with van der Waals surface area (Å²) in [6.07, 6.45) is 17.3. The third-order valence-corrected chi connectivity index (χ3v) is 11.6. The van der Waals surface area contributed by atoms with Crippen molar-refractivity contribution < 1.29 is 4.48 Å². The number of nitrogens with zero attached hydrogens (tertiary/aromatic N) is 1. The normalized spacial score (nSPS) is 33.6. The van der Waals surface area contributed by atoms with Crippen LogP contribution in [-0.2, 0) is 0 Å². The van der Waals surface area contributed by atoms with Gasteiger partial charge in [0.2, 0.25) is 0 Å². The summed E-state index contributed by atoms with van der Waals surface area (Å²) in [5, 5.41) is 0. The molecule has 4 aliphatic carbocycles. The molecule has 0 heterocycles. The fraction of sp³-hybridized carbons (Fsp3) is 0.459. The molecule has 4 aliphatic rings. The van der Waals surface area contributed by atoms with E-state index in [-0.39, 0.29) is 0 Å². The molecule has 39 heavy (non-hydrogen) atoms. The Morgan fingerprint density at radius 3 is 1.82 bits per heavy atom. The van der Waals surface area contributed by atoms with Gasteiger partial charge >= 0.3 is 0 Å². The third-order valence-electron chi connectivity index (χ3n) is 10.9. The first-order valence-corrected chi connectivity index (χ1v) is 16.2. The Balaban J connectivity index is 1.33. The van der Waals surface area contributed by atoms with Gasteiger partial charge in [-0.15, -0.1) is 0 Å². The number of quaternary nitrogens is 1. The van der Waals surface area contributed by atoms with Crippen LogP contribution in [0.1, 0.15) is 50.3 Å². The lowest BCUT2D eigenvalue weighted by Gasteiger charge is -2.50. The first-order chi connectivity index (χ1) is 18.7. The Morgan fingerprint density at radius 1 is 0.744 bits per heavy atom. The largest absolute Gasteiger partial charge is 0.322 e. The zero-order chi connectivity index (χ0) is 27.5. The van der Waals surface area contributed by atoms with Gasteiger partial charge < -0.3 is 4.48 Å². The molecule has 2 aromatic carbocycles. The average Bonchev–Trinajstić information content (AvgIpc) is 3.48. The van der Waals surface area contributed by atoms with Gasteiger partial charge in [-0.3, -0.25) is 0 Å². The van der Waals surface area contributed by atoms with Gasteiger partial charge in [-0.2, -0.15) is 0 Å². The van der Waals surface area contributed by atoms with Gasteiger partial charge in [-0.1, -0.05) is 99.2 Å². The molecule has 0 aliphatic heterocycles. The van der Waals surface area contributed by atoms with Gasteiger partial charge in [-0.25, -0.2) is 0 Å². The summed E-state index contributed by atoms with van der Waals surface area (Å²) in [6, 6.07) is 19.7. The van der Waals surface area contributed by atoms with E-state index in [1.807, 2.05) is 0 Å². The smallest absolute Gasteiger partial charge is 0.0989 e. The Bertz CT molecular complexity index is 1320. The predicted octanol–water partition coefficient (Wildman–Crippen LogP) is 9.20. The molecule has 6 rings (SSSR count). The van der Waals surface area contributed by atoms with E-state index in [4.69, 9.17) is 0 Å². The summed E-state index contributed by atoms with van der Waals surface area (Å²) in [5.74, 6) is 4.52. The number of halogens is 1. The number of hydrogen-bond acceptors (Lipinski definition) is 0. The highest BCUT2D eigenvalue weighted by molar-refractivity contribution is 14.1. The Hall–Kier alpha value is -1.91. The van der Waals surface area contributed by atoms with E-state index >= 15 is 0 Å². The molecule has 0 saturated heterocycles. The second kappa shape index (κ2) is 10.5. The van der Waals surface area contributed by atoms with Crippen molar-refractivity contribution in [2.45, 2.75) is 52.6 Å². The zero-order valence-electron chi connectivity index (χ0n) is 24.5. The number of fused-ring (bicyclic) bond motifs is 2. The van der Waals surface area contributed by atoms with Crippen LogP contribution < -0.4 is 0 Å². The molecule has 204 valence electrons. The van der Waals surface area contributed by atoms with E-state index in [2.05, 4.69) is 149 Å². The van der Waals surface area contributed by atoms with Crippen LogP contribution in [0.2, 0.25) is 0 Å². The second-order valence-electron chi connectivity index (χ2n) is 13.7. The van der Waals surface area contributed by atoms with Crippen molar-refractivity contribution in [3.8, 4) is 0 Å². The van der Waals surface area contributed by atoms with Crippen LogP contribution in [0.15, 0.2) is 85.0 Å². The van der Waals surface area contributed by atoms with Crippen molar-refractivity contribution in [3.63, 3.8) is 0 Å². The van der Waals surface area contributed by atoms with Gasteiger partial charge in [0, 0.05) is 27.2 Å². The van der Waals surface area contributed by atoms with Crippen molar-refractivity contribution in [2.75, 3.05) is 14.1 Å². The standard InChI is InChI=1S/C37H45IN/c1-23(2)33-22-35-30(27-17-19-28(38)20-18-27)10-8-12-32(35)37(33)39(5,6)36-25(4)21-34-29(9-7-11-31(34)36)26-15-13-24(3)14-16-26/h7-20,23,25,31-37H,21-22H2,1-6H3/q+1. The number of allylic oxidation sites excluding steroid dienone is 6. The lowest BCUT2D eigenvalue weighted by Crippen LogP contribution is -2.62. The second-order valence-corrected chi connectivity index (χ2v) is 15.0. The molecule has 8 unspecified atom stereocenters. The zero-order valence-corrected chi connectivity index (χ0v) is 26.7. The van der Waals surface area contributed by atoms with Crippen LogP contribution in [-0.4, -0.2) is 30.7 Å². The third kappa shape index (κ3) is 4.74. The molecular formula is C37H45IN+. The molecule has 0 bridgehead atoms. The molecule has 0 N–H and O–H groups in total. The lowest BCUT2D eigenvalue weighted by atomic mass is 9.77. The first-order valence-electron chi connectivity index (χ1n) is 15.1. The van der Waals surface area contributed by atoms with E-state index in [0.29, 0.717) is 47.6 Å². The fourth-order valence-electron chi connectivity index (χ4n) is 9.33. The first kappa shape index (κ1) is 27.3. The molecule has 2 fully saturated rings. The van der Waals surface area contributed by atoms with E-state index < -0.39 is 0 Å². The molecule has 8 atom stereocenters. The van der Waals surface area contributed by atoms with Crippen molar-refractivity contribution in [2.24, 2.45) is 41.4 Å². The van der Waals surface area contributed by atoms with E-state index in [9.17, 15) is 0 Å². The molecule has 0 amide bonds. The SMILES string of the molecule is Cc1ccc(C2=CC=CC3C2CC(C)C3[N+](C)(C)C2C3C=CC=C(c4ccc(I)cc4)C3CC2C(C)C)cc1. The molecule has 2 saturated carbocycles. The van der Waals surface area contributed by atoms with Crippen molar-refractivity contribution in [3.05, 3.63) is 105 Å². The van der Waals surface area contributed by atoms with Crippen molar-refractivity contribution in [1.29, 1.82) is 0 Å². The quantitative estimate of drug-likeness (QED) is 0.228. The van der Waals surface area contributed by atoms with E-state index in [0.717, 1.165) is 10.4 Å². The highest BCUT2D eigenvalue weighted by atomic mass is 127. The molecule has 1 nitrogen and oxygen atoms in total. The highest BCUT2D eigenvalue weighted by Crippen LogP contribution is 2.56. The van der Waals surface area contributed by atoms with Crippen LogP contribution >= 0.6 is 22.6 Å². The maximum absolute atomic E-state index is 2.60. The topological polar surface area (TPSA) is 0 Å². The number of rotatable bonds is 5. The number of aryl methyl sites for hydroxylation is 1. The van der Waals surface area contributed by atoms with Crippen LogP contribution in [0.4, 0.5) is 0 Å². The maximum Gasteiger partial charge on any atom is 0.0989 e. The summed E-state index contributed by atoms with van der Waals surface area (Å²) in [7, 11) is 5.20. The van der Waals surface area contributed by atoms with Crippen molar-refractivity contribution in [1.82, 2.24) is 0 Å². The summed E-state index contributed by atoms with van der Waals surface area (Å²) in [4.78, 5) is 0. The van der Waals surface area contributed by atoms with Gasteiger partial charge in [0.05, 0.1) is 26.2 Å². The Kier molecular flexibility index (Phi) is 7.33. The molecule has 0 aromatic heterocycles. The lowest BCUT2D eigenvalue weighted by molar-refractivity contribution is -0.949. The molecule has 0 spiro atoms. The summed E-state index contributed by atoms with van der Waals surface area (Å²) in [6.45, 7) is 9.70. The summed E-state index contributed by atoms with van der Waals surface area (Å²) < 4.78 is 2.44. The fourth-order valence-corrected chi connectivity index (χ4v) is 9.68. The van der Waals surface area contributed by atoms with E-state index in [1.54, 1.807) is 11.1 Å². The Labute approximate surface area is 250 Å². The van der Waals surface area contributed by atoms with Crippen LogP contribution in [0.25, 0.3) is 11.1 Å². The number of benzene rings is 2. The van der Waals surface area contributed by atoms with Crippen LogP contribution in [0, 0.1) is 51.9 Å². The minimum absolute atomic E-state index is 0.595. The molecule has 2 aromatic rings. The average molecular weight is 631 g/mol. The maximum atomic E-state index is 2.60.